The van der Waals surface area contributed by atoms with Crippen molar-refractivity contribution in [2.24, 2.45) is 0 Å². The fraction of sp³-hybridized carbons (Fsp3) is 0.333. The van der Waals surface area contributed by atoms with Crippen molar-refractivity contribution in [3.05, 3.63) is 64.6 Å². The Labute approximate surface area is 178 Å². The van der Waals surface area contributed by atoms with E-state index in [4.69, 9.17) is 13.9 Å². The van der Waals surface area contributed by atoms with Gasteiger partial charge in [0.05, 0.1) is 35.8 Å². The molecule has 1 fully saturated rings. The number of hydrogen-bond donors (Lipinski definition) is 0. The summed E-state index contributed by atoms with van der Waals surface area (Å²) < 4.78 is 43.7. The van der Waals surface area contributed by atoms with Gasteiger partial charge in [-0.2, -0.15) is 4.31 Å². The van der Waals surface area contributed by atoms with Crippen LogP contribution in [-0.2, 0) is 26.0 Å². The Kier molecular flexibility index (Phi) is 6.21. The highest BCUT2D eigenvalue weighted by Gasteiger charge is 2.26. The fourth-order valence-electron chi connectivity index (χ4n) is 3.40. The van der Waals surface area contributed by atoms with E-state index in [1.807, 2.05) is 6.07 Å². The van der Waals surface area contributed by atoms with Gasteiger partial charge < -0.3 is 13.9 Å². The molecular formula is C21H22N2O7S. The average molecular weight is 446 g/mol. The molecule has 10 heteroatoms. The summed E-state index contributed by atoms with van der Waals surface area (Å²) in [4.78, 5) is 24.3. The maximum absolute atomic E-state index is 12.6. The van der Waals surface area contributed by atoms with E-state index in [1.54, 1.807) is 18.2 Å². The second-order valence-corrected chi connectivity index (χ2v) is 8.96. The van der Waals surface area contributed by atoms with E-state index < -0.39 is 21.7 Å². The van der Waals surface area contributed by atoms with E-state index in [0.29, 0.717) is 50.4 Å². The van der Waals surface area contributed by atoms with Crippen LogP contribution in [0.3, 0.4) is 0 Å². The molecule has 1 aliphatic heterocycles. The molecule has 1 saturated heterocycles. The van der Waals surface area contributed by atoms with Crippen molar-refractivity contribution in [1.29, 1.82) is 0 Å². The Hall–Kier alpha value is -2.95. The molecular weight excluding hydrogens is 424 g/mol. The first-order chi connectivity index (χ1) is 15.0. The number of ether oxygens (including phenoxy) is 2. The highest BCUT2D eigenvalue weighted by molar-refractivity contribution is 7.89. The summed E-state index contributed by atoms with van der Waals surface area (Å²) in [6.07, 6.45) is 0.429. The summed E-state index contributed by atoms with van der Waals surface area (Å²) in [7, 11) is -3.61. The number of esters is 1. The first kappa shape index (κ1) is 21.3. The van der Waals surface area contributed by atoms with Gasteiger partial charge in [0.15, 0.2) is 5.58 Å². The molecule has 3 aromatic rings. The molecule has 0 N–H and O–H groups in total. The highest BCUT2D eigenvalue weighted by atomic mass is 32.2. The van der Waals surface area contributed by atoms with Gasteiger partial charge >= 0.3 is 11.7 Å². The third kappa shape index (κ3) is 4.55. The van der Waals surface area contributed by atoms with Crippen LogP contribution in [0.5, 0.6) is 0 Å². The molecule has 9 nitrogen and oxygen atoms in total. The maximum atomic E-state index is 12.6. The van der Waals surface area contributed by atoms with E-state index in [2.05, 4.69) is 0 Å². The molecule has 0 saturated carbocycles. The van der Waals surface area contributed by atoms with Crippen LogP contribution in [0, 0.1) is 0 Å². The second-order valence-electron chi connectivity index (χ2n) is 7.02. The second kappa shape index (κ2) is 9.04. The van der Waals surface area contributed by atoms with Crippen molar-refractivity contribution < 1.29 is 27.1 Å². The predicted molar refractivity (Wildman–Crippen MR) is 111 cm³/mol. The normalized spacial score (nSPS) is 15.2. The molecule has 2 aromatic carbocycles. The van der Waals surface area contributed by atoms with Crippen LogP contribution in [0.15, 0.2) is 62.6 Å². The topological polar surface area (TPSA) is 108 Å². The van der Waals surface area contributed by atoms with Gasteiger partial charge in [-0.1, -0.05) is 12.1 Å². The van der Waals surface area contributed by atoms with E-state index in [0.717, 1.165) is 0 Å². The Morgan fingerprint density at radius 2 is 1.74 bits per heavy atom. The number of para-hydroxylation sites is 2. The lowest BCUT2D eigenvalue weighted by atomic mass is 10.2. The third-order valence-electron chi connectivity index (χ3n) is 5.03. The van der Waals surface area contributed by atoms with E-state index in [1.165, 1.54) is 33.1 Å². The molecule has 0 bridgehead atoms. The molecule has 4 rings (SSSR count). The van der Waals surface area contributed by atoms with Gasteiger partial charge in [-0.25, -0.2) is 18.0 Å². The van der Waals surface area contributed by atoms with Gasteiger partial charge in [0, 0.05) is 19.6 Å². The molecule has 0 unspecified atom stereocenters. The quantitative estimate of drug-likeness (QED) is 0.403. The molecule has 0 aliphatic carbocycles. The van der Waals surface area contributed by atoms with Gasteiger partial charge in [0.2, 0.25) is 10.0 Å². The third-order valence-corrected chi connectivity index (χ3v) is 6.94. The van der Waals surface area contributed by atoms with Crippen LogP contribution >= 0.6 is 0 Å². The molecule has 2 heterocycles. The zero-order valence-electron chi connectivity index (χ0n) is 16.7. The number of aryl methyl sites for hydroxylation is 1. The number of rotatable bonds is 7. The summed E-state index contributed by atoms with van der Waals surface area (Å²) in [5, 5.41) is 0. The minimum absolute atomic E-state index is 0.110. The van der Waals surface area contributed by atoms with Gasteiger partial charge in [-0.05, 0) is 42.8 Å². The van der Waals surface area contributed by atoms with Crippen LogP contribution in [0.4, 0.5) is 0 Å². The Balaban J connectivity index is 1.33. The molecule has 164 valence electrons. The molecule has 1 aliphatic rings. The van der Waals surface area contributed by atoms with Crippen molar-refractivity contribution in [2.45, 2.75) is 17.9 Å². The number of hydrogen-bond acceptors (Lipinski definition) is 7. The Morgan fingerprint density at radius 3 is 2.48 bits per heavy atom. The molecule has 1 aromatic heterocycles. The minimum Gasteiger partial charge on any atom is -0.462 e. The zero-order valence-corrected chi connectivity index (χ0v) is 17.5. The number of carbonyl (C=O) groups is 1. The van der Waals surface area contributed by atoms with Gasteiger partial charge in [0.25, 0.3) is 0 Å². The number of benzene rings is 2. The molecule has 0 spiro atoms. The van der Waals surface area contributed by atoms with Crippen LogP contribution in [-0.4, -0.2) is 56.2 Å². The van der Waals surface area contributed by atoms with Crippen LogP contribution < -0.4 is 5.76 Å². The summed E-state index contributed by atoms with van der Waals surface area (Å²) in [5.74, 6) is -1.01. The van der Waals surface area contributed by atoms with Gasteiger partial charge in [0.1, 0.15) is 0 Å². The molecule has 0 amide bonds. The minimum atomic E-state index is -3.61. The van der Waals surface area contributed by atoms with Crippen LogP contribution in [0.1, 0.15) is 16.8 Å². The van der Waals surface area contributed by atoms with Gasteiger partial charge in [-0.3, -0.25) is 4.57 Å². The van der Waals surface area contributed by atoms with E-state index in [-0.39, 0.29) is 17.1 Å². The first-order valence-corrected chi connectivity index (χ1v) is 11.3. The summed E-state index contributed by atoms with van der Waals surface area (Å²) in [6, 6.07) is 12.8. The van der Waals surface area contributed by atoms with E-state index >= 15 is 0 Å². The van der Waals surface area contributed by atoms with Crippen molar-refractivity contribution in [1.82, 2.24) is 8.87 Å². The predicted octanol–water partition coefficient (Wildman–Crippen LogP) is 1.86. The lowest BCUT2D eigenvalue weighted by Gasteiger charge is -2.26. The van der Waals surface area contributed by atoms with Crippen LogP contribution in [0.2, 0.25) is 0 Å². The summed E-state index contributed by atoms with van der Waals surface area (Å²) in [6.45, 7) is 1.80. The molecule has 0 atom stereocenters. The maximum Gasteiger partial charge on any atom is 0.419 e. The largest absolute Gasteiger partial charge is 0.462 e. The lowest BCUT2D eigenvalue weighted by molar-refractivity contribution is 0.0495. The van der Waals surface area contributed by atoms with Crippen molar-refractivity contribution >= 4 is 27.1 Å². The summed E-state index contributed by atoms with van der Waals surface area (Å²) in [5.41, 5.74) is 1.46. The van der Waals surface area contributed by atoms with E-state index in [9.17, 15) is 18.0 Å². The number of sulfonamides is 1. The average Bonchev–Trinajstić information content (AvgIpc) is 3.12. The zero-order chi connectivity index (χ0) is 21.8. The number of aromatic nitrogens is 1. The van der Waals surface area contributed by atoms with Crippen molar-refractivity contribution in [3.63, 3.8) is 0 Å². The molecule has 31 heavy (non-hydrogen) atoms. The number of nitrogens with zero attached hydrogens (tertiary/aromatic N) is 2. The Bertz CT molecular complexity index is 1220. The SMILES string of the molecule is O=C(OCCCn1c(=O)oc2ccccc21)c1ccc(S(=O)(=O)N2CCOCC2)cc1. The number of fused-ring (bicyclic) bond motifs is 1. The Morgan fingerprint density at radius 1 is 1.03 bits per heavy atom. The standard InChI is InChI=1S/C21H22N2O7S/c24-20(29-13-3-10-23-18-4-1-2-5-19(18)30-21(23)25)16-6-8-17(9-7-16)31(26,27)22-11-14-28-15-12-22/h1-2,4-9H,3,10-15H2. The van der Waals surface area contributed by atoms with Gasteiger partial charge in [-0.15, -0.1) is 0 Å². The lowest BCUT2D eigenvalue weighted by Crippen LogP contribution is -2.40. The highest BCUT2D eigenvalue weighted by Crippen LogP contribution is 2.18. The van der Waals surface area contributed by atoms with Crippen LogP contribution in [0.25, 0.3) is 11.1 Å². The number of morpholine rings is 1. The van der Waals surface area contributed by atoms with Crippen molar-refractivity contribution in [2.75, 3.05) is 32.9 Å². The monoisotopic (exact) mass is 446 g/mol. The summed E-state index contributed by atoms with van der Waals surface area (Å²) >= 11 is 0. The number of oxazole rings is 1. The van der Waals surface area contributed by atoms with Crippen molar-refractivity contribution in [3.8, 4) is 0 Å². The molecule has 0 radical (unpaired) electrons. The fourth-order valence-corrected chi connectivity index (χ4v) is 4.80. The smallest absolute Gasteiger partial charge is 0.419 e. The number of carbonyl (C=O) groups excluding carboxylic acids is 1. The first-order valence-electron chi connectivity index (χ1n) is 9.90.